The Morgan fingerprint density at radius 3 is 2.32 bits per heavy atom. The van der Waals surface area contributed by atoms with Gasteiger partial charge in [0.1, 0.15) is 0 Å². The lowest BCUT2D eigenvalue weighted by molar-refractivity contribution is -0.123. The monoisotopic (exact) mass is 310 g/mol. The molecule has 3 amide bonds. The summed E-state index contributed by atoms with van der Waals surface area (Å²) >= 11 is 0. The number of piperidine rings is 1. The minimum Gasteiger partial charge on any atom is -0.368 e. The molecule has 22 heavy (non-hydrogen) atoms. The average molecular weight is 310 g/mol. The van der Waals surface area contributed by atoms with Gasteiger partial charge in [0.25, 0.3) is 0 Å². The van der Waals surface area contributed by atoms with Gasteiger partial charge in [-0.25, -0.2) is 4.79 Å². The van der Waals surface area contributed by atoms with E-state index in [2.05, 4.69) is 18.7 Å². The minimum atomic E-state index is -0.201. The molecule has 0 spiro atoms. The number of urea groups is 1. The third-order valence-electron chi connectivity index (χ3n) is 5.04. The van der Waals surface area contributed by atoms with E-state index in [1.54, 1.807) is 0 Å². The van der Waals surface area contributed by atoms with Gasteiger partial charge in [-0.2, -0.15) is 0 Å². The van der Waals surface area contributed by atoms with Crippen LogP contribution >= 0.6 is 0 Å². The minimum absolute atomic E-state index is 0.102. The molecule has 0 aliphatic carbocycles. The second-order valence-corrected chi connectivity index (χ2v) is 6.68. The maximum Gasteiger partial charge on any atom is 0.320 e. The number of carbonyl (C=O) groups excluding carboxylic acids is 2. The fraction of sp³-hybridized carbons (Fsp3) is 0.875. The van der Waals surface area contributed by atoms with Crippen LogP contribution in [0.25, 0.3) is 0 Å². The summed E-state index contributed by atoms with van der Waals surface area (Å²) < 4.78 is 0. The number of hydrogen-bond donors (Lipinski definition) is 1. The molecule has 2 N–H and O–H groups in total. The Morgan fingerprint density at radius 2 is 1.82 bits per heavy atom. The number of hydrogen-bond acceptors (Lipinski definition) is 3. The molecule has 0 saturated carbocycles. The number of nitrogens with zero attached hydrogens (tertiary/aromatic N) is 3. The van der Waals surface area contributed by atoms with Crippen LogP contribution in [0.3, 0.4) is 0 Å². The van der Waals surface area contributed by atoms with Crippen molar-refractivity contribution >= 4 is 11.9 Å². The molecule has 0 radical (unpaired) electrons. The fourth-order valence-electron chi connectivity index (χ4n) is 3.82. The smallest absolute Gasteiger partial charge is 0.320 e. The number of amides is 3. The van der Waals surface area contributed by atoms with Gasteiger partial charge in [-0.15, -0.1) is 0 Å². The molecule has 2 fully saturated rings. The first-order chi connectivity index (χ1) is 10.5. The van der Waals surface area contributed by atoms with Crippen LogP contribution in [0.1, 0.15) is 46.5 Å². The highest BCUT2D eigenvalue weighted by Gasteiger charge is 2.36. The molecular weight excluding hydrogens is 280 g/mol. The van der Waals surface area contributed by atoms with Crippen molar-refractivity contribution in [1.82, 2.24) is 14.7 Å². The van der Waals surface area contributed by atoms with Crippen LogP contribution in [0.5, 0.6) is 0 Å². The zero-order chi connectivity index (χ0) is 16.3. The van der Waals surface area contributed by atoms with Crippen LogP contribution in [0.15, 0.2) is 0 Å². The quantitative estimate of drug-likeness (QED) is 0.849. The van der Waals surface area contributed by atoms with E-state index in [9.17, 15) is 9.59 Å². The summed E-state index contributed by atoms with van der Waals surface area (Å²) in [5.41, 5.74) is 5.51. The molecule has 0 aromatic carbocycles. The predicted octanol–water partition coefficient (Wildman–Crippen LogP) is 1.25. The molecule has 0 aromatic heterocycles. The molecule has 6 heteroatoms. The van der Waals surface area contributed by atoms with Crippen molar-refractivity contribution in [1.29, 1.82) is 0 Å². The Morgan fingerprint density at radius 1 is 1.18 bits per heavy atom. The fourth-order valence-corrected chi connectivity index (χ4v) is 3.82. The Balaban J connectivity index is 1.90. The largest absolute Gasteiger partial charge is 0.368 e. The Labute approximate surface area is 133 Å². The summed E-state index contributed by atoms with van der Waals surface area (Å²) in [6.45, 7) is 9.37. The molecule has 2 saturated heterocycles. The SMILES string of the molecule is CCN(C(=O)N1CCC(N2CCCC2C(N)=O)CC1)C(C)C. The lowest BCUT2D eigenvalue weighted by Crippen LogP contribution is -2.54. The first-order valence-corrected chi connectivity index (χ1v) is 8.56. The van der Waals surface area contributed by atoms with E-state index in [0.717, 1.165) is 51.9 Å². The van der Waals surface area contributed by atoms with Gasteiger partial charge in [0.05, 0.1) is 6.04 Å². The molecule has 0 bridgehead atoms. The first-order valence-electron chi connectivity index (χ1n) is 8.56. The van der Waals surface area contributed by atoms with Crippen molar-refractivity contribution in [2.45, 2.75) is 64.6 Å². The van der Waals surface area contributed by atoms with Crippen molar-refractivity contribution in [3.63, 3.8) is 0 Å². The lowest BCUT2D eigenvalue weighted by Gasteiger charge is -2.40. The van der Waals surface area contributed by atoms with Crippen LogP contribution in [-0.2, 0) is 4.79 Å². The Kier molecular flexibility index (Phi) is 5.67. The topological polar surface area (TPSA) is 69.9 Å². The van der Waals surface area contributed by atoms with E-state index in [4.69, 9.17) is 5.73 Å². The van der Waals surface area contributed by atoms with Crippen molar-refractivity contribution < 1.29 is 9.59 Å². The van der Waals surface area contributed by atoms with E-state index in [-0.39, 0.29) is 24.0 Å². The summed E-state index contributed by atoms with van der Waals surface area (Å²) in [5, 5.41) is 0. The summed E-state index contributed by atoms with van der Waals surface area (Å²) in [4.78, 5) is 30.2. The summed E-state index contributed by atoms with van der Waals surface area (Å²) in [6, 6.07) is 0.658. The van der Waals surface area contributed by atoms with E-state index in [1.807, 2.05) is 16.7 Å². The summed E-state index contributed by atoms with van der Waals surface area (Å²) in [6.07, 6.45) is 3.80. The molecule has 1 atom stereocenters. The van der Waals surface area contributed by atoms with Gasteiger partial charge >= 0.3 is 6.03 Å². The number of nitrogens with two attached hydrogens (primary N) is 1. The standard InChI is InChI=1S/C16H30N4O2/c1-4-19(12(2)3)16(22)18-10-7-13(8-11-18)20-9-5-6-14(20)15(17)21/h12-14H,4-11H2,1-3H3,(H2,17,21). The number of carbonyl (C=O) groups is 2. The summed E-state index contributed by atoms with van der Waals surface area (Å²) in [7, 11) is 0. The number of primary amides is 1. The highest BCUT2D eigenvalue weighted by molar-refractivity contribution is 5.80. The zero-order valence-corrected chi connectivity index (χ0v) is 14.1. The molecular formula is C16H30N4O2. The van der Waals surface area contributed by atoms with Gasteiger partial charge in [-0.3, -0.25) is 9.69 Å². The molecule has 2 aliphatic rings. The first kappa shape index (κ1) is 17.1. The molecule has 6 nitrogen and oxygen atoms in total. The Hall–Kier alpha value is -1.30. The maximum absolute atomic E-state index is 12.5. The third kappa shape index (κ3) is 3.54. The van der Waals surface area contributed by atoms with E-state index < -0.39 is 0 Å². The van der Waals surface area contributed by atoms with Crippen molar-refractivity contribution in [3.8, 4) is 0 Å². The van der Waals surface area contributed by atoms with Crippen LogP contribution < -0.4 is 5.73 Å². The van der Waals surface area contributed by atoms with E-state index in [0.29, 0.717) is 6.04 Å². The summed E-state index contributed by atoms with van der Waals surface area (Å²) in [5.74, 6) is -0.201. The van der Waals surface area contributed by atoms with Gasteiger partial charge in [0.15, 0.2) is 0 Å². The van der Waals surface area contributed by atoms with Crippen LogP contribution in [0.4, 0.5) is 4.79 Å². The maximum atomic E-state index is 12.5. The molecule has 2 aliphatic heterocycles. The van der Waals surface area contributed by atoms with Crippen LogP contribution in [-0.4, -0.2) is 70.9 Å². The lowest BCUT2D eigenvalue weighted by atomic mass is 10.0. The second-order valence-electron chi connectivity index (χ2n) is 6.68. The number of likely N-dealkylation sites (tertiary alicyclic amines) is 2. The molecule has 0 aromatic rings. The molecule has 1 unspecified atom stereocenters. The van der Waals surface area contributed by atoms with Gasteiger partial charge in [-0.05, 0) is 53.0 Å². The van der Waals surface area contributed by atoms with Crippen LogP contribution in [0.2, 0.25) is 0 Å². The van der Waals surface area contributed by atoms with Gasteiger partial charge < -0.3 is 15.5 Å². The van der Waals surface area contributed by atoms with Crippen molar-refractivity contribution in [3.05, 3.63) is 0 Å². The van der Waals surface area contributed by atoms with E-state index in [1.165, 1.54) is 0 Å². The molecule has 2 heterocycles. The second kappa shape index (κ2) is 7.31. The van der Waals surface area contributed by atoms with Gasteiger partial charge in [0, 0.05) is 31.7 Å². The average Bonchev–Trinajstić information content (AvgIpc) is 2.97. The van der Waals surface area contributed by atoms with Gasteiger partial charge in [0.2, 0.25) is 5.91 Å². The van der Waals surface area contributed by atoms with Crippen LogP contribution in [0, 0.1) is 0 Å². The zero-order valence-electron chi connectivity index (χ0n) is 14.1. The Bertz CT molecular complexity index is 405. The van der Waals surface area contributed by atoms with Crippen molar-refractivity contribution in [2.24, 2.45) is 5.73 Å². The molecule has 2 rings (SSSR count). The highest BCUT2D eigenvalue weighted by atomic mass is 16.2. The van der Waals surface area contributed by atoms with Crippen molar-refractivity contribution in [2.75, 3.05) is 26.2 Å². The third-order valence-corrected chi connectivity index (χ3v) is 5.04. The highest BCUT2D eigenvalue weighted by Crippen LogP contribution is 2.26. The number of rotatable bonds is 4. The molecule has 126 valence electrons. The normalized spacial score (nSPS) is 24.0. The van der Waals surface area contributed by atoms with E-state index >= 15 is 0 Å². The predicted molar refractivity (Wildman–Crippen MR) is 86.4 cm³/mol. The van der Waals surface area contributed by atoms with Gasteiger partial charge in [-0.1, -0.05) is 0 Å².